The number of amides is 3. The van der Waals surface area contributed by atoms with Gasteiger partial charge < -0.3 is 21.1 Å². The van der Waals surface area contributed by atoms with Crippen LogP contribution in [0.15, 0.2) is 65.2 Å². The highest BCUT2D eigenvalue weighted by Gasteiger charge is 2.44. The summed E-state index contributed by atoms with van der Waals surface area (Å²) in [6, 6.07) is 7.46. The van der Waals surface area contributed by atoms with Gasteiger partial charge in [0, 0.05) is 42.3 Å². The van der Waals surface area contributed by atoms with Crippen molar-refractivity contribution in [1.82, 2.24) is 29.5 Å². The van der Waals surface area contributed by atoms with Crippen LogP contribution in [0.2, 0.25) is 0 Å². The number of aliphatic hydroxyl groups is 1. The maximum atomic E-state index is 14.3. The van der Waals surface area contributed by atoms with Crippen molar-refractivity contribution in [3.8, 4) is 0 Å². The summed E-state index contributed by atoms with van der Waals surface area (Å²) >= 11 is 0. The summed E-state index contributed by atoms with van der Waals surface area (Å²) in [7, 11) is 1.75. The number of imide groups is 1. The van der Waals surface area contributed by atoms with Gasteiger partial charge in [-0.25, -0.2) is 4.79 Å². The molecule has 1 saturated heterocycles. The molecular weight excluding hydrogens is 766 g/mol. The molecule has 4 aliphatic rings. The number of nitrogens with two attached hydrogens (primary N) is 1. The van der Waals surface area contributed by atoms with E-state index in [9.17, 15) is 37.5 Å². The van der Waals surface area contributed by atoms with Gasteiger partial charge in [-0.2, -0.15) is 18.3 Å². The number of allylic oxidation sites excluding steroid dienone is 3. The summed E-state index contributed by atoms with van der Waals surface area (Å²) in [5.74, 6) is -0.935. The molecule has 2 aliphatic carbocycles. The second kappa shape index (κ2) is 15.4. The average molecular weight is 817 g/mol. The standard InChI is InChI=1S/C43H51F3N8O5/c1-42(2,59)30-21-31-26(20-35(30)53-33(39(47)56)8-5-9-36(53)43(44,45)46)23-52(50-31)28-16-10-24(11-17-28)22-48-27-14-12-25(13-15-27)29-6-4-7-32-38(29)51(3)41(58)54(32)34-18-19-37(55)49-40(34)57/h4-9,20-21,23-25,27-28,33-34,48,59H,10-19,22H2,1-3H3,(H2,47,56)(H,49,55,57). The third-order valence-corrected chi connectivity index (χ3v) is 12.9. The normalized spacial score (nSPS) is 25.7. The number of para-hydroxylation sites is 1. The van der Waals surface area contributed by atoms with E-state index in [1.807, 2.05) is 23.0 Å². The summed E-state index contributed by atoms with van der Waals surface area (Å²) in [6.45, 7) is 3.88. The van der Waals surface area contributed by atoms with Crippen molar-refractivity contribution in [2.45, 2.75) is 120 Å². The smallest absolute Gasteiger partial charge is 0.386 e. The predicted octanol–water partition coefficient (Wildman–Crippen LogP) is 5.62. The molecule has 8 rings (SSSR count). The largest absolute Gasteiger partial charge is 0.431 e. The van der Waals surface area contributed by atoms with Gasteiger partial charge in [-0.05, 0) is 120 Å². The highest BCUT2D eigenvalue weighted by atomic mass is 19.4. The molecule has 5 N–H and O–H groups in total. The fourth-order valence-corrected chi connectivity index (χ4v) is 9.84. The number of primary amides is 1. The number of hydrogen-bond acceptors (Lipinski definition) is 8. The van der Waals surface area contributed by atoms with Crippen LogP contribution < -0.4 is 27.0 Å². The van der Waals surface area contributed by atoms with Crippen LogP contribution in [0.1, 0.15) is 107 Å². The molecule has 0 spiro atoms. The van der Waals surface area contributed by atoms with Gasteiger partial charge in [0.25, 0.3) is 0 Å². The summed E-state index contributed by atoms with van der Waals surface area (Å²) < 4.78 is 48.0. The van der Waals surface area contributed by atoms with Crippen LogP contribution in [0, 0.1) is 5.92 Å². The highest BCUT2D eigenvalue weighted by molar-refractivity contribution is 6.00. The molecule has 2 aromatic heterocycles. The number of aryl methyl sites for hydroxylation is 1. The number of piperidine rings is 1. The molecule has 2 aromatic carbocycles. The number of anilines is 1. The van der Waals surface area contributed by atoms with Crippen molar-refractivity contribution < 1.29 is 32.7 Å². The van der Waals surface area contributed by atoms with E-state index < -0.39 is 41.4 Å². The Hall–Kier alpha value is -5.22. The predicted molar refractivity (Wildman–Crippen MR) is 216 cm³/mol. The Morgan fingerprint density at radius 3 is 2.41 bits per heavy atom. The number of hydrogen-bond donors (Lipinski definition) is 4. The molecule has 13 nitrogen and oxygen atoms in total. The van der Waals surface area contributed by atoms with Crippen LogP contribution >= 0.6 is 0 Å². The molecule has 4 heterocycles. The fraction of sp³-hybridized carbons (Fsp3) is 0.512. The molecule has 3 amide bonds. The molecule has 4 aromatic rings. The third-order valence-electron chi connectivity index (χ3n) is 12.9. The van der Waals surface area contributed by atoms with Gasteiger partial charge in [0.1, 0.15) is 17.8 Å². The van der Waals surface area contributed by atoms with Crippen molar-refractivity contribution in [2.75, 3.05) is 11.4 Å². The Labute approximate surface area is 339 Å². The van der Waals surface area contributed by atoms with Crippen LogP contribution in [0.4, 0.5) is 18.9 Å². The van der Waals surface area contributed by atoms with Gasteiger partial charge in [-0.3, -0.25) is 33.5 Å². The number of rotatable bonds is 9. The van der Waals surface area contributed by atoms with E-state index in [-0.39, 0.29) is 41.2 Å². The highest BCUT2D eigenvalue weighted by Crippen LogP contribution is 2.43. The number of carbonyl (C=O) groups is 3. The molecule has 3 fully saturated rings. The minimum atomic E-state index is -4.78. The minimum absolute atomic E-state index is 0.0385. The van der Waals surface area contributed by atoms with Crippen LogP contribution in [-0.2, 0) is 27.0 Å². The first-order valence-corrected chi connectivity index (χ1v) is 20.6. The van der Waals surface area contributed by atoms with Crippen molar-refractivity contribution in [3.63, 3.8) is 0 Å². The van der Waals surface area contributed by atoms with Crippen LogP contribution in [-0.4, -0.2) is 66.5 Å². The van der Waals surface area contributed by atoms with Crippen LogP contribution in [0.3, 0.4) is 0 Å². The quantitative estimate of drug-likeness (QED) is 0.158. The van der Waals surface area contributed by atoms with Gasteiger partial charge in [0.2, 0.25) is 17.7 Å². The van der Waals surface area contributed by atoms with Gasteiger partial charge in [0.05, 0.1) is 28.2 Å². The number of halogens is 3. The van der Waals surface area contributed by atoms with Gasteiger partial charge >= 0.3 is 11.9 Å². The van der Waals surface area contributed by atoms with Gasteiger partial charge in [-0.1, -0.05) is 24.3 Å². The molecule has 0 bridgehead atoms. The lowest BCUT2D eigenvalue weighted by Gasteiger charge is -2.37. The van der Waals surface area contributed by atoms with Crippen molar-refractivity contribution >= 4 is 45.3 Å². The number of nitrogens with zero attached hydrogens (tertiary/aromatic N) is 5. The lowest BCUT2D eigenvalue weighted by atomic mass is 9.80. The number of alkyl halides is 3. The zero-order chi connectivity index (χ0) is 42.0. The Bertz CT molecular complexity index is 2420. The number of imidazole rings is 1. The maximum absolute atomic E-state index is 14.3. The van der Waals surface area contributed by atoms with Gasteiger partial charge in [-0.15, -0.1) is 0 Å². The molecule has 2 atom stereocenters. The lowest BCUT2D eigenvalue weighted by molar-refractivity contribution is -0.135. The molecule has 59 heavy (non-hydrogen) atoms. The van der Waals surface area contributed by atoms with Crippen molar-refractivity contribution in [2.24, 2.45) is 18.7 Å². The Morgan fingerprint density at radius 2 is 1.75 bits per heavy atom. The van der Waals surface area contributed by atoms with Gasteiger partial charge in [0.15, 0.2) is 0 Å². The second-order valence-electron chi connectivity index (χ2n) is 17.3. The van der Waals surface area contributed by atoms with Crippen LogP contribution in [0.5, 0.6) is 0 Å². The summed E-state index contributed by atoms with van der Waals surface area (Å²) in [5.41, 5.74) is 6.19. The third kappa shape index (κ3) is 7.72. The first-order valence-electron chi connectivity index (χ1n) is 20.6. The average Bonchev–Trinajstić information content (AvgIpc) is 3.73. The minimum Gasteiger partial charge on any atom is -0.386 e. The van der Waals surface area contributed by atoms with E-state index in [0.717, 1.165) is 85.5 Å². The summed E-state index contributed by atoms with van der Waals surface area (Å²) in [5, 5.41) is 22.8. The number of carbonyl (C=O) groups excluding carboxylic acids is 3. The summed E-state index contributed by atoms with van der Waals surface area (Å²) in [6.07, 6.45) is 8.64. The molecule has 2 aliphatic heterocycles. The Kier molecular flexibility index (Phi) is 10.6. The maximum Gasteiger partial charge on any atom is 0.431 e. The SMILES string of the molecule is Cn1c(=O)n(C2CCC(=O)NC2=O)c2cccc(C3CCC(NCC4CCC(n5cc6cc(N7C(C(F)(F)F)=CC=CC7C(N)=O)c(C(C)(C)O)cc6n5)CC4)CC3)c21. The zero-order valence-electron chi connectivity index (χ0n) is 33.5. The molecule has 314 valence electrons. The Morgan fingerprint density at radius 1 is 1.02 bits per heavy atom. The lowest BCUT2D eigenvalue weighted by Crippen LogP contribution is -2.48. The van der Waals surface area contributed by atoms with E-state index in [4.69, 9.17) is 10.8 Å². The molecule has 2 saturated carbocycles. The number of benzene rings is 2. The first-order chi connectivity index (χ1) is 28.0. The zero-order valence-corrected chi connectivity index (χ0v) is 33.5. The number of aromatic nitrogens is 4. The number of nitrogens with one attached hydrogen (secondary N) is 2. The molecule has 16 heteroatoms. The van der Waals surface area contributed by atoms with Crippen LogP contribution in [0.25, 0.3) is 21.9 Å². The molecule has 2 unspecified atom stereocenters. The number of fused-ring (bicyclic) bond motifs is 2. The fourth-order valence-electron chi connectivity index (χ4n) is 9.84. The Balaban J connectivity index is 0.901. The van der Waals surface area contributed by atoms with E-state index in [1.165, 1.54) is 26.0 Å². The second-order valence-corrected chi connectivity index (χ2v) is 17.3. The van der Waals surface area contributed by atoms with E-state index in [1.54, 1.807) is 28.3 Å². The molecule has 0 radical (unpaired) electrons. The van der Waals surface area contributed by atoms with Crippen molar-refractivity contribution in [3.05, 3.63) is 82.1 Å². The first kappa shape index (κ1) is 40.6. The topological polar surface area (TPSA) is 170 Å². The van der Waals surface area contributed by atoms with Crippen molar-refractivity contribution in [1.29, 1.82) is 0 Å². The van der Waals surface area contributed by atoms with E-state index in [2.05, 4.69) is 16.7 Å². The summed E-state index contributed by atoms with van der Waals surface area (Å²) in [4.78, 5) is 51.2. The molecular formula is C43H51F3N8O5. The van der Waals surface area contributed by atoms with E-state index >= 15 is 0 Å². The van der Waals surface area contributed by atoms with E-state index in [0.29, 0.717) is 29.3 Å². The monoisotopic (exact) mass is 816 g/mol.